The zero-order valence-corrected chi connectivity index (χ0v) is 7.93. The van der Waals surface area contributed by atoms with Crippen LogP contribution in [0.15, 0.2) is 29.6 Å². The smallest absolute Gasteiger partial charge is 0.369 e. The summed E-state index contributed by atoms with van der Waals surface area (Å²) in [4.78, 5) is 26.5. The van der Waals surface area contributed by atoms with Crippen molar-refractivity contribution in [1.29, 1.82) is 0 Å². The van der Waals surface area contributed by atoms with Crippen molar-refractivity contribution in [3.05, 3.63) is 34.7 Å². The van der Waals surface area contributed by atoms with Crippen LogP contribution in [0.3, 0.4) is 0 Å². The summed E-state index contributed by atoms with van der Waals surface area (Å²) in [7, 11) is 3.78. The fourth-order valence-corrected chi connectivity index (χ4v) is 0.982. The first-order chi connectivity index (χ1) is 6.65. The average Bonchev–Trinajstić information content (AvgIpc) is 2.18. The lowest BCUT2D eigenvalue weighted by atomic mass is 10.2. The van der Waals surface area contributed by atoms with E-state index in [9.17, 15) is 9.70 Å². The molecule has 0 fully saturated rings. The summed E-state index contributed by atoms with van der Waals surface area (Å²) in [6, 6.07) is 6.65. The summed E-state index contributed by atoms with van der Waals surface area (Å²) >= 11 is 0. The fraction of sp³-hybridized carbons (Fsp3) is 0.222. The van der Waals surface area contributed by atoms with E-state index in [0.29, 0.717) is 5.56 Å². The van der Waals surface area contributed by atoms with Crippen LogP contribution in [0.2, 0.25) is 0 Å². The Labute approximate surface area is 81.2 Å². The normalized spacial score (nSPS) is 9.29. The van der Waals surface area contributed by atoms with Gasteiger partial charge in [0.15, 0.2) is 5.34 Å². The van der Waals surface area contributed by atoms with E-state index in [0.717, 1.165) is 5.69 Å². The van der Waals surface area contributed by atoms with Crippen LogP contribution in [-0.2, 0) is 4.84 Å². The van der Waals surface area contributed by atoms with Crippen molar-refractivity contribution in [2.75, 3.05) is 19.0 Å². The highest BCUT2D eigenvalue weighted by atomic mass is 16.7. The molecule has 74 valence electrons. The molecule has 0 unspecified atom stereocenters. The molecule has 0 saturated carbocycles. The molecule has 0 atom stereocenters. The molecule has 0 amide bonds. The molecular formula is C9H10N2O3. The fourth-order valence-electron chi connectivity index (χ4n) is 0.982. The number of hydrogen-bond acceptors (Lipinski definition) is 5. The molecule has 14 heavy (non-hydrogen) atoms. The Bertz CT molecular complexity index is 332. The summed E-state index contributed by atoms with van der Waals surface area (Å²) < 4.78 is 0. The average molecular weight is 194 g/mol. The van der Waals surface area contributed by atoms with E-state index in [4.69, 9.17) is 0 Å². The van der Waals surface area contributed by atoms with E-state index in [-0.39, 0.29) is 0 Å². The van der Waals surface area contributed by atoms with E-state index in [1.165, 1.54) is 0 Å². The minimum Gasteiger partial charge on any atom is -0.378 e. The van der Waals surface area contributed by atoms with Crippen LogP contribution in [0.5, 0.6) is 0 Å². The number of benzene rings is 1. The number of carbonyl (C=O) groups excluding carboxylic acids is 1. The maximum atomic E-state index is 11.0. The molecule has 0 bridgehead atoms. The molecule has 1 rings (SSSR count). The van der Waals surface area contributed by atoms with Gasteiger partial charge >= 0.3 is 5.97 Å². The second-order valence-electron chi connectivity index (χ2n) is 2.89. The topological polar surface area (TPSA) is 59.0 Å². The van der Waals surface area contributed by atoms with Gasteiger partial charge in [-0.1, -0.05) is 0 Å². The van der Waals surface area contributed by atoms with Crippen molar-refractivity contribution in [1.82, 2.24) is 0 Å². The number of nitrogens with zero attached hydrogens (tertiary/aromatic N) is 2. The SMILES string of the molecule is CN(C)c1ccc(C(=O)ON=O)cc1. The van der Waals surface area contributed by atoms with E-state index >= 15 is 0 Å². The lowest BCUT2D eigenvalue weighted by Crippen LogP contribution is -2.09. The predicted molar refractivity (Wildman–Crippen MR) is 52.0 cm³/mol. The zero-order valence-electron chi connectivity index (χ0n) is 7.93. The molecule has 0 saturated heterocycles. The molecule has 0 heterocycles. The van der Waals surface area contributed by atoms with Crippen molar-refractivity contribution in [2.45, 2.75) is 0 Å². The summed E-state index contributed by atoms with van der Waals surface area (Å²) in [5.41, 5.74) is 1.26. The Hall–Kier alpha value is -1.91. The van der Waals surface area contributed by atoms with E-state index in [2.05, 4.69) is 10.2 Å². The largest absolute Gasteiger partial charge is 0.378 e. The van der Waals surface area contributed by atoms with Gasteiger partial charge in [0, 0.05) is 19.8 Å². The van der Waals surface area contributed by atoms with Gasteiger partial charge in [0.05, 0.1) is 5.56 Å². The second-order valence-corrected chi connectivity index (χ2v) is 2.89. The number of rotatable bonds is 3. The zero-order chi connectivity index (χ0) is 10.6. The second kappa shape index (κ2) is 4.36. The highest BCUT2D eigenvalue weighted by Gasteiger charge is 2.07. The molecule has 0 aliphatic rings. The van der Waals surface area contributed by atoms with Gasteiger partial charge in [0.2, 0.25) is 0 Å². The molecule has 5 heteroatoms. The first-order valence-electron chi connectivity index (χ1n) is 3.96. The van der Waals surface area contributed by atoms with E-state index < -0.39 is 5.97 Å². The Kier molecular flexibility index (Phi) is 3.17. The molecule has 5 nitrogen and oxygen atoms in total. The van der Waals surface area contributed by atoms with Gasteiger partial charge in [0.25, 0.3) is 0 Å². The maximum absolute atomic E-state index is 11.0. The summed E-state index contributed by atoms with van der Waals surface area (Å²) in [5, 5.41) is 2.06. The van der Waals surface area contributed by atoms with Crippen LogP contribution >= 0.6 is 0 Å². The summed E-state index contributed by atoms with van der Waals surface area (Å²) in [6.45, 7) is 0. The Morgan fingerprint density at radius 3 is 2.29 bits per heavy atom. The van der Waals surface area contributed by atoms with Gasteiger partial charge < -0.3 is 4.90 Å². The van der Waals surface area contributed by atoms with Gasteiger partial charge in [-0.05, 0) is 24.3 Å². The number of anilines is 1. The lowest BCUT2D eigenvalue weighted by molar-refractivity contribution is 0.0508. The van der Waals surface area contributed by atoms with Crippen molar-refractivity contribution in [2.24, 2.45) is 5.34 Å². The molecule has 0 radical (unpaired) electrons. The summed E-state index contributed by atoms with van der Waals surface area (Å²) in [5.74, 6) is -0.745. The molecule has 0 aliphatic carbocycles. The first kappa shape index (κ1) is 10.2. The van der Waals surface area contributed by atoms with Crippen molar-refractivity contribution in [3.63, 3.8) is 0 Å². The highest BCUT2D eigenvalue weighted by molar-refractivity contribution is 5.89. The third-order valence-electron chi connectivity index (χ3n) is 1.74. The molecule has 0 aromatic heterocycles. The van der Waals surface area contributed by atoms with Crippen LogP contribution < -0.4 is 4.90 Å². The highest BCUT2D eigenvalue weighted by Crippen LogP contribution is 2.12. The van der Waals surface area contributed by atoms with Crippen LogP contribution in [0.4, 0.5) is 5.69 Å². The first-order valence-corrected chi connectivity index (χ1v) is 3.96. The van der Waals surface area contributed by atoms with Gasteiger partial charge in [-0.15, -0.1) is 4.91 Å². The minimum atomic E-state index is -0.745. The molecule has 0 aliphatic heterocycles. The van der Waals surface area contributed by atoms with Crippen molar-refractivity contribution in [3.8, 4) is 0 Å². The Morgan fingerprint density at radius 1 is 1.29 bits per heavy atom. The third-order valence-corrected chi connectivity index (χ3v) is 1.74. The third kappa shape index (κ3) is 2.29. The minimum absolute atomic E-state index is 0.301. The maximum Gasteiger partial charge on any atom is 0.369 e. The van der Waals surface area contributed by atoms with E-state index in [1.807, 2.05) is 19.0 Å². The monoisotopic (exact) mass is 194 g/mol. The number of carbonyl (C=O) groups is 1. The molecule has 1 aromatic carbocycles. The molecule has 0 spiro atoms. The molecule has 1 aromatic rings. The number of hydrogen-bond donors (Lipinski definition) is 0. The van der Waals surface area contributed by atoms with Gasteiger partial charge in [-0.25, -0.2) is 4.79 Å². The van der Waals surface area contributed by atoms with E-state index in [1.54, 1.807) is 24.3 Å². The predicted octanol–water partition coefficient (Wildman–Crippen LogP) is 1.59. The van der Waals surface area contributed by atoms with Crippen LogP contribution in [0.25, 0.3) is 0 Å². The van der Waals surface area contributed by atoms with Crippen molar-refractivity contribution < 1.29 is 9.63 Å². The quantitative estimate of drug-likeness (QED) is 0.541. The lowest BCUT2D eigenvalue weighted by Gasteiger charge is -2.11. The van der Waals surface area contributed by atoms with Crippen LogP contribution in [0, 0.1) is 4.91 Å². The molecular weight excluding hydrogens is 184 g/mol. The Morgan fingerprint density at radius 2 is 1.86 bits per heavy atom. The standard InChI is InChI=1S/C9H10N2O3/c1-11(2)8-5-3-7(4-6-8)9(12)14-10-13/h3-6H,1-2H3. The van der Waals surface area contributed by atoms with Gasteiger partial charge in [-0.3, -0.25) is 4.84 Å². The summed E-state index contributed by atoms with van der Waals surface area (Å²) in [6.07, 6.45) is 0. The van der Waals surface area contributed by atoms with Gasteiger partial charge in [-0.2, -0.15) is 0 Å². The van der Waals surface area contributed by atoms with Gasteiger partial charge in [0.1, 0.15) is 0 Å². The molecule has 0 N–H and O–H groups in total. The Balaban J connectivity index is 2.82. The van der Waals surface area contributed by atoms with Crippen molar-refractivity contribution >= 4 is 11.7 Å². The van der Waals surface area contributed by atoms with Crippen LogP contribution in [0.1, 0.15) is 10.4 Å². The van der Waals surface area contributed by atoms with Crippen LogP contribution in [-0.4, -0.2) is 20.1 Å².